The molecule has 2 saturated heterocycles. The van der Waals surface area contributed by atoms with E-state index in [4.69, 9.17) is 0 Å². The Morgan fingerprint density at radius 3 is 2.65 bits per heavy atom. The molecule has 6 heteroatoms. The first-order valence-corrected chi connectivity index (χ1v) is 8.53. The first-order chi connectivity index (χ1) is 11.1. The van der Waals surface area contributed by atoms with E-state index in [9.17, 15) is 9.59 Å². The first kappa shape index (κ1) is 16.1. The van der Waals surface area contributed by atoms with Crippen LogP contribution in [0.1, 0.15) is 42.4 Å². The van der Waals surface area contributed by atoms with E-state index in [2.05, 4.69) is 22.1 Å². The van der Waals surface area contributed by atoms with Crippen molar-refractivity contribution in [3.05, 3.63) is 23.5 Å². The zero-order chi connectivity index (χ0) is 16.4. The number of hydrogen-bond donors (Lipinski definition) is 2. The van der Waals surface area contributed by atoms with Gasteiger partial charge in [0.15, 0.2) is 0 Å². The normalized spacial score (nSPS) is 22.0. The number of amides is 2. The van der Waals surface area contributed by atoms with Crippen molar-refractivity contribution in [3.8, 4) is 0 Å². The summed E-state index contributed by atoms with van der Waals surface area (Å²) >= 11 is 0. The molecule has 0 saturated carbocycles. The van der Waals surface area contributed by atoms with Gasteiger partial charge in [0, 0.05) is 31.9 Å². The lowest BCUT2D eigenvalue weighted by Crippen LogP contribution is -2.61. The fourth-order valence-corrected chi connectivity index (χ4v) is 3.70. The van der Waals surface area contributed by atoms with Crippen LogP contribution >= 0.6 is 0 Å². The monoisotopic (exact) mass is 318 g/mol. The number of nitrogens with zero attached hydrogens (tertiary/aromatic N) is 2. The van der Waals surface area contributed by atoms with Gasteiger partial charge in [-0.3, -0.25) is 14.5 Å². The van der Waals surface area contributed by atoms with E-state index in [1.54, 1.807) is 0 Å². The molecule has 0 aliphatic carbocycles. The molecule has 23 heavy (non-hydrogen) atoms. The number of aromatic amines is 1. The van der Waals surface area contributed by atoms with Crippen LogP contribution in [-0.2, 0) is 11.2 Å². The highest BCUT2D eigenvalue weighted by molar-refractivity contribution is 5.93. The lowest BCUT2D eigenvalue weighted by molar-refractivity contribution is -0.134. The lowest BCUT2D eigenvalue weighted by atomic mass is 9.85. The van der Waals surface area contributed by atoms with Gasteiger partial charge in [-0.05, 0) is 44.9 Å². The minimum Gasteiger partial charge on any atom is -0.354 e. The highest BCUT2D eigenvalue weighted by Crippen LogP contribution is 2.30. The number of carbonyl (C=O) groups is 2. The third kappa shape index (κ3) is 2.87. The summed E-state index contributed by atoms with van der Waals surface area (Å²) in [6, 6.07) is 3.82. The van der Waals surface area contributed by atoms with Crippen molar-refractivity contribution in [1.82, 2.24) is 20.1 Å². The van der Waals surface area contributed by atoms with Gasteiger partial charge in [-0.15, -0.1) is 0 Å². The average molecular weight is 318 g/mol. The molecule has 0 unspecified atom stereocenters. The summed E-state index contributed by atoms with van der Waals surface area (Å²) in [5.41, 5.74) is 1.28. The van der Waals surface area contributed by atoms with Crippen LogP contribution in [0.15, 0.2) is 12.1 Å². The van der Waals surface area contributed by atoms with Crippen LogP contribution in [0.4, 0.5) is 0 Å². The molecule has 1 aromatic rings. The Morgan fingerprint density at radius 2 is 2.00 bits per heavy atom. The Morgan fingerprint density at radius 1 is 1.26 bits per heavy atom. The molecule has 126 valence electrons. The van der Waals surface area contributed by atoms with E-state index in [0.29, 0.717) is 31.6 Å². The smallest absolute Gasteiger partial charge is 0.270 e. The summed E-state index contributed by atoms with van der Waals surface area (Å²) < 4.78 is 0. The van der Waals surface area contributed by atoms with Crippen molar-refractivity contribution in [2.45, 2.75) is 38.1 Å². The second-order valence-electron chi connectivity index (χ2n) is 6.61. The lowest BCUT2D eigenvalue weighted by Gasteiger charge is -2.44. The third-order valence-corrected chi connectivity index (χ3v) is 5.34. The van der Waals surface area contributed by atoms with Crippen molar-refractivity contribution in [2.24, 2.45) is 0 Å². The minimum absolute atomic E-state index is 0.0382. The van der Waals surface area contributed by atoms with Gasteiger partial charge in [-0.1, -0.05) is 6.92 Å². The van der Waals surface area contributed by atoms with E-state index in [-0.39, 0.29) is 11.8 Å². The molecule has 2 aliphatic rings. The maximum Gasteiger partial charge on any atom is 0.270 e. The second kappa shape index (κ2) is 6.35. The molecule has 0 aromatic carbocycles. The maximum absolute atomic E-state index is 12.6. The van der Waals surface area contributed by atoms with Gasteiger partial charge in [-0.25, -0.2) is 0 Å². The molecule has 3 rings (SSSR count). The Labute approximate surface area is 137 Å². The predicted octanol–water partition coefficient (Wildman–Crippen LogP) is 1.00. The van der Waals surface area contributed by atoms with Crippen molar-refractivity contribution >= 4 is 11.8 Å². The molecule has 6 nitrogen and oxygen atoms in total. The predicted molar refractivity (Wildman–Crippen MR) is 88.3 cm³/mol. The molecule has 0 bridgehead atoms. The van der Waals surface area contributed by atoms with Gasteiger partial charge in [0.05, 0.1) is 0 Å². The van der Waals surface area contributed by atoms with Crippen LogP contribution in [0.3, 0.4) is 0 Å². The Kier molecular flexibility index (Phi) is 4.43. The molecule has 0 atom stereocenters. The second-order valence-corrected chi connectivity index (χ2v) is 6.61. The summed E-state index contributed by atoms with van der Waals surface area (Å²) in [4.78, 5) is 32.4. The number of aromatic nitrogens is 1. The summed E-state index contributed by atoms with van der Waals surface area (Å²) in [6.45, 7) is 4.97. The van der Waals surface area contributed by atoms with Crippen LogP contribution in [0, 0.1) is 0 Å². The van der Waals surface area contributed by atoms with Gasteiger partial charge in [0.1, 0.15) is 11.2 Å². The number of piperidine rings is 1. The van der Waals surface area contributed by atoms with Crippen molar-refractivity contribution in [3.63, 3.8) is 0 Å². The number of nitrogens with one attached hydrogen (secondary N) is 2. The fraction of sp³-hybridized carbons (Fsp3) is 0.647. The van der Waals surface area contributed by atoms with Crippen molar-refractivity contribution < 1.29 is 9.59 Å². The Hall–Kier alpha value is -1.82. The third-order valence-electron chi connectivity index (χ3n) is 5.34. The molecular weight excluding hydrogens is 292 g/mol. The number of rotatable bonds is 2. The van der Waals surface area contributed by atoms with Gasteiger partial charge >= 0.3 is 0 Å². The number of likely N-dealkylation sites (tertiary alicyclic amines) is 1. The SMILES string of the molecule is CCc1ccc(C(=O)N2CCC3(CC2)C(=O)NCCCN3C)[nH]1. The Bertz CT molecular complexity index is 587. The summed E-state index contributed by atoms with van der Waals surface area (Å²) in [7, 11) is 2.03. The zero-order valence-electron chi connectivity index (χ0n) is 14.0. The van der Waals surface area contributed by atoms with E-state index in [0.717, 1.165) is 31.6 Å². The first-order valence-electron chi connectivity index (χ1n) is 8.53. The standard InChI is InChI=1S/C17H26N4O2/c1-3-13-5-6-14(19-13)15(22)21-11-7-17(8-12-21)16(23)18-9-4-10-20(17)2/h5-6,19H,3-4,7-12H2,1-2H3,(H,18,23). The molecule has 1 spiro atoms. The van der Waals surface area contributed by atoms with Crippen LogP contribution in [0.25, 0.3) is 0 Å². The van der Waals surface area contributed by atoms with E-state index >= 15 is 0 Å². The molecule has 1 aromatic heterocycles. The molecule has 2 N–H and O–H groups in total. The molecule has 3 heterocycles. The number of carbonyl (C=O) groups excluding carboxylic acids is 2. The molecule has 2 amide bonds. The zero-order valence-corrected chi connectivity index (χ0v) is 14.0. The maximum atomic E-state index is 12.6. The minimum atomic E-state index is -0.447. The molecular formula is C17H26N4O2. The van der Waals surface area contributed by atoms with Crippen LogP contribution < -0.4 is 5.32 Å². The number of likely N-dealkylation sites (N-methyl/N-ethyl adjacent to an activating group) is 1. The van der Waals surface area contributed by atoms with Crippen molar-refractivity contribution in [1.29, 1.82) is 0 Å². The van der Waals surface area contributed by atoms with Gasteiger partial charge in [-0.2, -0.15) is 0 Å². The highest BCUT2D eigenvalue weighted by atomic mass is 16.2. The van der Waals surface area contributed by atoms with Gasteiger partial charge < -0.3 is 15.2 Å². The van der Waals surface area contributed by atoms with Crippen LogP contribution in [-0.4, -0.2) is 65.4 Å². The largest absolute Gasteiger partial charge is 0.354 e. The molecule has 0 radical (unpaired) electrons. The van der Waals surface area contributed by atoms with Crippen LogP contribution in [0.2, 0.25) is 0 Å². The summed E-state index contributed by atoms with van der Waals surface area (Å²) in [6.07, 6.45) is 3.26. The van der Waals surface area contributed by atoms with Crippen LogP contribution in [0.5, 0.6) is 0 Å². The summed E-state index contributed by atoms with van der Waals surface area (Å²) in [5.74, 6) is 0.161. The molecule has 2 aliphatic heterocycles. The number of H-pyrrole nitrogens is 1. The highest BCUT2D eigenvalue weighted by Gasteiger charge is 2.46. The number of hydrogen-bond acceptors (Lipinski definition) is 3. The van der Waals surface area contributed by atoms with E-state index in [1.165, 1.54) is 0 Å². The average Bonchev–Trinajstić information content (AvgIpc) is 3.02. The Balaban J connectivity index is 1.69. The van der Waals surface area contributed by atoms with Gasteiger partial charge in [0.2, 0.25) is 5.91 Å². The topological polar surface area (TPSA) is 68.4 Å². The van der Waals surface area contributed by atoms with E-state index in [1.807, 2.05) is 24.1 Å². The quantitative estimate of drug-likeness (QED) is 0.855. The van der Waals surface area contributed by atoms with E-state index < -0.39 is 5.54 Å². The summed E-state index contributed by atoms with van der Waals surface area (Å²) in [5, 5.41) is 3.03. The van der Waals surface area contributed by atoms with Gasteiger partial charge in [0.25, 0.3) is 5.91 Å². The fourth-order valence-electron chi connectivity index (χ4n) is 3.70. The number of aryl methyl sites for hydroxylation is 1. The molecule has 2 fully saturated rings. The van der Waals surface area contributed by atoms with Crippen molar-refractivity contribution in [2.75, 3.05) is 33.2 Å².